The monoisotopic (exact) mass is 429 g/mol. The fraction of sp³-hybridized carbons (Fsp3) is 0.0417. The first kappa shape index (κ1) is 19.1. The first-order chi connectivity index (χ1) is 14.9. The fourth-order valence-corrected chi connectivity index (χ4v) is 5.41. The largest absolute Gasteiger partial charge is 0.294 e. The van der Waals surface area contributed by atoms with Gasteiger partial charge in [-0.25, -0.2) is 12.4 Å². The van der Waals surface area contributed by atoms with Gasteiger partial charge in [-0.05, 0) is 35.4 Å². The average Bonchev–Trinajstić information content (AvgIpc) is 3.20. The lowest BCUT2D eigenvalue weighted by Gasteiger charge is -2.22. The van der Waals surface area contributed by atoms with Crippen LogP contribution in [0.15, 0.2) is 89.5 Å². The molecule has 0 bridgehead atoms. The number of allylic oxidation sites excluding steroid dienone is 4. The summed E-state index contributed by atoms with van der Waals surface area (Å²) in [6.45, 7) is 0. The smallest absolute Gasteiger partial charge is 0.268 e. The van der Waals surface area contributed by atoms with Crippen molar-refractivity contribution in [2.24, 2.45) is 0 Å². The summed E-state index contributed by atoms with van der Waals surface area (Å²) in [4.78, 5) is 38.1. The van der Waals surface area contributed by atoms with Crippen LogP contribution in [0.2, 0.25) is 0 Å². The number of hydrogen-bond donors (Lipinski definition) is 0. The van der Waals surface area contributed by atoms with Gasteiger partial charge in [0.15, 0.2) is 5.78 Å². The number of benzene rings is 2. The minimum Gasteiger partial charge on any atom is -0.294 e. The Balaban J connectivity index is 1.89. The number of carbonyl (C=O) groups is 3. The third-order valence-corrected chi connectivity index (χ3v) is 7.11. The Hall–Kier alpha value is -3.84. The minimum absolute atomic E-state index is 0.0116. The summed E-state index contributed by atoms with van der Waals surface area (Å²) in [6.07, 6.45) is 3.76. The second kappa shape index (κ2) is 6.85. The van der Waals surface area contributed by atoms with E-state index in [9.17, 15) is 22.8 Å². The third-order valence-electron chi connectivity index (χ3n) is 5.43. The van der Waals surface area contributed by atoms with E-state index in [0.717, 1.165) is 3.97 Å². The lowest BCUT2D eigenvalue weighted by atomic mass is 9.81. The second-order valence-electron chi connectivity index (χ2n) is 7.27. The van der Waals surface area contributed by atoms with Gasteiger partial charge in [0, 0.05) is 23.8 Å². The molecule has 3 aromatic rings. The van der Waals surface area contributed by atoms with Crippen LogP contribution in [0.3, 0.4) is 0 Å². The number of carbonyl (C=O) groups excluding carboxylic acids is 3. The summed E-state index contributed by atoms with van der Waals surface area (Å²) in [6, 6.07) is 16.6. The predicted molar refractivity (Wildman–Crippen MR) is 114 cm³/mol. The van der Waals surface area contributed by atoms with E-state index in [1.807, 2.05) is 0 Å². The SMILES string of the molecule is O=C1C=CC2=C(C1)c1c(c(-c3ccccc3)cn1S(=O)(=O)c1ccccc1)C(=O)C2=O. The van der Waals surface area contributed by atoms with E-state index in [4.69, 9.17) is 0 Å². The maximum absolute atomic E-state index is 13.5. The van der Waals surface area contributed by atoms with Crippen molar-refractivity contribution < 1.29 is 22.8 Å². The number of aromatic nitrogens is 1. The molecule has 0 atom stereocenters. The van der Waals surface area contributed by atoms with E-state index in [1.165, 1.54) is 30.5 Å². The molecule has 0 unspecified atom stereocenters. The Kier molecular flexibility index (Phi) is 4.23. The van der Waals surface area contributed by atoms with E-state index >= 15 is 0 Å². The van der Waals surface area contributed by atoms with Crippen LogP contribution in [0.1, 0.15) is 22.5 Å². The molecule has 0 saturated heterocycles. The molecule has 0 radical (unpaired) electrons. The first-order valence-corrected chi connectivity index (χ1v) is 11.0. The van der Waals surface area contributed by atoms with E-state index in [1.54, 1.807) is 48.5 Å². The molecular formula is C24H15NO5S. The summed E-state index contributed by atoms with van der Waals surface area (Å²) in [5.41, 5.74) is 1.36. The van der Waals surface area contributed by atoms with Gasteiger partial charge in [-0.1, -0.05) is 48.5 Å². The number of Topliss-reactive ketones (excluding diaryl/α,β-unsaturated/α-hetero) is 2. The molecule has 2 aromatic carbocycles. The Morgan fingerprint density at radius 1 is 0.774 bits per heavy atom. The van der Waals surface area contributed by atoms with Gasteiger partial charge in [0.1, 0.15) is 0 Å². The molecule has 0 spiro atoms. The normalized spacial score (nSPS) is 15.8. The van der Waals surface area contributed by atoms with Crippen LogP contribution < -0.4 is 0 Å². The van der Waals surface area contributed by atoms with E-state index in [2.05, 4.69) is 0 Å². The van der Waals surface area contributed by atoms with Crippen molar-refractivity contribution in [1.82, 2.24) is 3.97 Å². The van der Waals surface area contributed by atoms with Crippen LogP contribution in [0, 0.1) is 0 Å². The van der Waals surface area contributed by atoms with Gasteiger partial charge in [-0.3, -0.25) is 14.4 Å². The van der Waals surface area contributed by atoms with Crippen LogP contribution >= 0.6 is 0 Å². The molecular weight excluding hydrogens is 414 g/mol. The van der Waals surface area contributed by atoms with Crippen molar-refractivity contribution in [3.05, 3.63) is 95.8 Å². The zero-order chi connectivity index (χ0) is 21.8. The molecule has 6 nitrogen and oxygen atoms in total. The molecule has 0 amide bonds. The third kappa shape index (κ3) is 2.85. The van der Waals surface area contributed by atoms with Crippen molar-refractivity contribution in [3.63, 3.8) is 0 Å². The summed E-state index contributed by atoms with van der Waals surface area (Å²) in [5, 5.41) is 0. The molecule has 2 aliphatic rings. The number of hydrogen-bond acceptors (Lipinski definition) is 5. The standard InChI is InChI=1S/C24H15NO5S/c26-16-11-12-18-19(13-16)22-21(24(28)23(18)27)20(15-7-3-1-4-8-15)14-25(22)31(29,30)17-9-5-2-6-10-17/h1-12,14H,13H2. The Morgan fingerprint density at radius 2 is 1.42 bits per heavy atom. The first-order valence-electron chi connectivity index (χ1n) is 9.54. The highest BCUT2D eigenvalue weighted by molar-refractivity contribution is 7.90. The van der Waals surface area contributed by atoms with Crippen LogP contribution in [0.4, 0.5) is 0 Å². The van der Waals surface area contributed by atoms with Crippen molar-refractivity contribution in [1.29, 1.82) is 0 Å². The molecule has 7 heteroatoms. The molecule has 5 rings (SSSR count). The van der Waals surface area contributed by atoms with Crippen molar-refractivity contribution in [2.75, 3.05) is 0 Å². The van der Waals surface area contributed by atoms with Gasteiger partial charge in [0.05, 0.1) is 16.2 Å². The maximum Gasteiger partial charge on any atom is 0.268 e. The summed E-state index contributed by atoms with van der Waals surface area (Å²) >= 11 is 0. The molecule has 0 aliphatic heterocycles. The molecule has 0 fully saturated rings. The molecule has 1 aromatic heterocycles. The van der Waals surface area contributed by atoms with Gasteiger partial charge >= 0.3 is 0 Å². The summed E-state index contributed by atoms with van der Waals surface area (Å²) < 4.78 is 28.1. The molecule has 2 aliphatic carbocycles. The molecule has 1 heterocycles. The molecule has 152 valence electrons. The van der Waals surface area contributed by atoms with Crippen LogP contribution in [0.25, 0.3) is 16.7 Å². The lowest BCUT2D eigenvalue weighted by molar-refractivity contribution is -0.113. The number of rotatable bonds is 3. The maximum atomic E-state index is 13.5. The zero-order valence-corrected chi connectivity index (χ0v) is 16.9. The van der Waals surface area contributed by atoms with Crippen LogP contribution in [-0.2, 0) is 19.6 Å². The number of fused-ring (bicyclic) bond motifs is 2. The summed E-state index contributed by atoms with van der Waals surface area (Å²) in [5.74, 6) is -1.79. The lowest BCUT2D eigenvalue weighted by Crippen LogP contribution is -2.28. The van der Waals surface area contributed by atoms with E-state index in [-0.39, 0.29) is 39.5 Å². The van der Waals surface area contributed by atoms with Gasteiger partial charge < -0.3 is 0 Å². The van der Waals surface area contributed by atoms with Crippen LogP contribution in [0.5, 0.6) is 0 Å². The quantitative estimate of drug-likeness (QED) is 0.595. The molecule has 0 N–H and O–H groups in total. The minimum atomic E-state index is -4.09. The molecule has 0 saturated carbocycles. The average molecular weight is 429 g/mol. The van der Waals surface area contributed by atoms with Crippen molar-refractivity contribution >= 4 is 32.9 Å². The highest BCUT2D eigenvalue weighted by Gasteiger charge is 2.40. The topological polar surface area (TPSA) is 90.3 Å². The Bertz CT molecular complexity index is 1440. The number of ketones is 3. The second-order valence-corrected chi connectivity index (χ2v) is 9.09. The molecule has 31 heavy (non-hydrogen) atoms. The van der Waals surface area contributed by atoms with Crippen LogP contribution in [-0.4, -0.2) is 29.7 Å². The van der Waals surface area contributed by atoms with Gasteiger partial charge in [0.2, 0.25) is 11.6 Å². The van der Waals surface area contributed by atoms with E-state index < -0.39 is 21.6 Å². The van der Waals surface area contributed by atoms with Crippen molar-refractivity contribution in [3.8, 4) is 11.1 Å². The Labute approximate surface area is 178 Å². The number of nitrogens with zero attached hydrogens (tertiary/aromatic N) is 1. The van der Waals surface area contributed by atoms with Crippen molar-refractivity contribution in [2.45, 2.75) is 11.3 Å². The van der Waals surface area contributed by atoms with E-state index in [0.29, 0.717) is 11.1 Å². The predicted octanol–water partition coefficient (Wildman–Crippen LogP) is 3.44. The zero-order valence-electron chi connectivity index (χ0n) is 16.1. The highest BCUT2D eigenvalue weighted by atomic mass is 32.2. The fourth-order valence-electron chi connectivity index (χ4n) is 4.00. The van der Waals surface area contributed by atoms with Gasteiger partial charge in [-0.2, -0.15) is 0 Å². The highest BCUT2D eigenvalue weighted by Crippen LogP contribution is 2.42. The van der Waals surface area contributed by atoms with Gasteiger partial charge in [0.25, 0.3) is 10.0 Å². The Morgan fingerprint density at radius 3 is 2.10 bits per heavy atom. The van der Waals surface area contributed by atoms with Gasteiger partial charge in [-0.15, -0.1) is 0 Å². The summed E-state index contributed by atoms with van der Waals surface area (Å²) in [7, 11) is -4.09.